The van der Waals surface area contributed by atoms with Crippen molar-refractivity contribution in [2.75, 3.05) is 6.54 Å². The van der Waals surface area contributed by atoms with E-state index in [0.29, 0.717) is 58.7 Å². The molecular weight excluding hydrogens is 390 g/mol. The van der Waals surface area contributed by atoms with Crippen LogP contribution in [-0.4, -0.2) is 33.9 Å². The van der Waals surface area contributed by atoms with E-state index in [2.05, 4.69) is 13.8 Å². The van der Waals surface area contributed by atoms with Gasteiger partial charge in [0.15, 0.2) is 0 Å². The summed E-state index contributed by atoms with van der Waals surface area (Å²) in [4.78, 5) is 46.4. The third kappa shape index (κ3) is 2.57. The first-order valence-electron chi connectivity index (χ1n) is 11.2. The van der Waals surface area contributed by atoms with Gasteiger partial charge in [-0.05, 0) is 43.5 Å². The lowest BCUT2D eigenvalue weighted by Crippen LogP contribution is -2.47. The van der Waals surface area contributed by atoms with E-state index in [1.807, 2.05) is 19.9 Å². The van der Waals surface area contributed by atoms with Crippen LogP contribution in [0.25, 0.3) is 21.5 Å². The Bertz CT molecular complexity index is 1360. The van der Waals surface area contributed by atoms with Crippen molar-refractivity contribution in [1.29, 1.82) is 0 Å². The Morgan fingerprint density at radius 2 is 1.55 bits per heavy atom. The third-order valence-electron chi connectivity index (χ3n) is 7.34. The fourth-order valence-corrected chi connectivity index (χ4v) is 5.18. The minimum atomic E-state index is -0.270. The molecule has 2 aromatic carbocycles. The van der Waals surface area contributed by atoms with Crippen LogP contribution in [0.15, 0.2) is 34.1 Å². The highest BCUT2D eigenvalue weighted by atomic mass is 16.2. The number of hydrogen-bond donors (Lipinski definition) is 0. The van der Waals surface area contributed by atoms with Crippen LogP contribution in [0.2, 0.25) is 0 Å². The molecule has 2 amide bonds. The predicted octanol–water partition coefficient (Wildman–Crippen LogP) is 3.71. The van der Waals surface area contributed by atoms with E-state index in [1.54, 1.807) is 22.8 Å². The standard InChI is InChI=1S/C25H27N3O3/c1-5-14(6-2)28-23(30)17-9-8-15-19-16(10-11-18(20(17)19)24(28)31)22(29)27-13-25(4,7-3)12-26-21(15)27/h8-11,14H,5-7,12-13H2,1-4H3. The molecule has 0 N–H and O–H groups in total. The van der Waals surface area contributed by atoms with Gasteiger partial charge in [0.1, 0.15) is 5.49 Å². The Hall–Kier alpha value is -3.02. The lowest BCUT2D eigenvalue weighted by molar-refractivity contribution is 0.0530. The Balaban J connectivity index is 1.86. The number of hydrogen-bond acceptors (Lipinski definition) is 4. The molecule has 2 aliphatic rings. The summed E-state index contributed by atoms with van der Waals surface area (Å²) in [5.74, 6) is -0.539. The van der Waals surface area contributed by atoms with Gasteiger partial charge < -0.3 is 0 Å². The maximum absolute atomic E-state index is 13.5. The quantitative estimate of drug-likeness (QED) is 0.608. The number of carbonyl (C=O) groups is 2. The van der Waals surface area contributed by atoms with Crippen LogP contribution in [0.4, 0.5) is 0 Å². The summed E-state index contributed by atoms with van der Waals surface area (Å²) in [5, 5.41) is 2.68. The van der Waals surface area contributed by atoms with Crippen molar-refractivity contribution in [3.63, 3.8) is 0 Å². The molecule has 1 unspecified atom stereocenters. The van der Waals surface area contributed by atoms with Gasteiger partial charge in [0.2, 0.25) is 0 Å². The van der Waals surface area contributed by atoms with Crippen molar-refractivity contribution < 1.29 is 9.59 Å². The van der Waals surface area contributed by atoms with Gasteiger partial charge in [-0.15, -0.1) is 0 Å². The molecule has 1 atom stereocenters. The second-order valence-corrected chi connectivity index (χ2v) is 9.22. The van der Waals surface area contributed by atoms with Crippen LogP contribution < -0.4 is 11.0 Å². The first-order chi connectivity index (χ1) is 14.8. The topological polar surface area (TPSA) is 71.7 Å². The monoisotopic (exact) mass is 417 g/mol. The summed E-state index contributed by atoms with van der Waals surface area (Å²) in [6, 6.07) is 7.04. The molecule has 1 aromatic heterocycles. The maximum Gasteiger partial charge on any atom is 0.261 e. The molecule has 0 radical (unpaired) electrons. The molecule has 0 fully saturated rings. The molecule has 3 aromatic rings. The lowest BCUT2D eigenvalue weighted by atomic mass is 9.85. The van der Waals surface area contributed by atoms with E-state index >= 15 is 0 Å². The molecule has 2 aliphatic heterocycles. The van der Waals surface area contributed by atoms with Crippen LogP contribution in [-0.2, 0) is 6.54 Å². The van der Waals surface area contributed by atoms with Gasteiger partial charge in [0.05, 0.1) is 0 Å². The van der Waals surface area contributed by atoms with Crippen molar-refractivity contribution in [3.8, 4) is 0 Å². The highest BCUT2D eigenvalue weighted by Gasteiger charge is 2.37. The number of carbonyl (C=O) groups excluding carboxylic acids is 2. The van der Waals surface area contributed by atoms with E-state index in [1.165, 1.54) is 4.90 Å². The van der Waals surface area contributed by atoms with E-state index < -0.39 is 0 Å². The molecule has 3 heterocycles. The van der Waals surface area contributed by atoms with Crippen molar-refractivity contribution in [1.82, 2.24) is 9.47 Å². The van der Waals surface area contributed by atoms with Crippen molar-refractivity contribution in [2.24, 2.45) is 10.4 Å². The number of aromatic nitrogens is 1. The fraction of sp³-hybridized carbons (Fsp3) is 0.440. The SMILES string of the molecule is CCC(CC)N1C(=O)c2ccc3c(=O)n4c(c5ccc(c2c35)C1=O)=NCC(C)(CC)C4. The molecule has 160 valence electrons. The molecule has 0 spiro atoms. The van der Waals surface area contributed by atoms with Gasteiger partial charge in [0.25, 0.3) is 17.4 Å². The Morgan fingerprint density at radius 3 is 2.13 bits per heavy atom. The normalized spacial score (nSPS) is 20.6. The zero-order valence-corrected chi connectivity index (χ0v) is 18.5. The number of pyridine rings is 1. The summed E-state index contributed by atoms with van der Waals surface area (Å²) < 4.78 is 1.77. The second-order valence-electron chi connectivity index (χ2n) is 9.22. The van der Waals surface area contributed by atoms with E-state index in [9.17, 15) is 14.4 Å². The number of fused-ring (bicyclic) bond motifs is 2. The first-order valence-corrected chi connectivity index (χ1v) is 11.2. The molecule has 0 bridgehead atoms. The molecule has 0 saturated carbocycles. The Kier molecular flexibility index (Phi) is 4.33. The van der Waals surface area contributed by atoms with E-state index in [4.69, 9.17) is 4.99 Å². The first kappa shape index (κ1) is 19.9. The van der Waals surface area contributed by atoms with Crippen LogP contribution in [0, 0.1) is 5.41 Å². The van der Waals surface area contributed by atoms with Crippen molar-refractivity contribution in [2.45, 2.75) is 59.5 Å². The molecule has 0 saturated heterocycles. The van der Waals surface area contributed by atoms with E-state index in [0.717, 1.165) is 11.8 Å². The zero-order chi connectivity index (χ0) is 22.1. The highest BCUT2D eigenvalue weighted by molar-refractivity contribution is 6.30. The minimum Gasteiger partial charge on any atom is -0.292 e. The van der Waals surface area contributed by atoms with Gasteiger partial charge in [-0.25, -0.2) is 0 Å². The largest absolute Gasteiger partial charge is 0.292 e. The molecule has 31 heavy (non-hydrogen) atoms. The molecule has 6 nitrogen and oxygen atoms in total. The number of nitrogens with zero attached hydrogens (tertiary/aromatic N) is 3. The highest BCUT2D eigenvalue weighted by Crippen LogP contribution is 2.36. The molecule has 5 rings (SSSR count). The number of rotatable bonds is 4. The predicted molar refractivity (Wildman–Crippen MR) is 121 cm³/mol. The Morgan fingerprint density at radius 1 is 0.935 bits per heavy atom. The van der Waals surface area contributed by atoms with Gasteiger partial charge in [-0.1, -0.05) is 27.7 Å². The van der Waals surface area contributed by atoms with Crippen molar-refractivity contribution >= 4 is 33.4 Å². The molecule has 6 heteroatoms. The summed E-state index contributed by atoms with van der Waals surface area (Å²) in [6.45, 7) is 9.52. The van der Waals surface area contributed by atoms with Crippen LogP contribution in [0.1, 0.15) is 67.7 Å². The van der Waals surface area contributed by atoms with Crippen LogP contribution >= 0.6 is 0 Å². The van der Waals surface area contributed by atoms with Crippen molar-refractivity contribution in [3.05, 3.63) is 51.2 Å². The average molecular weight is 418 g/mol. The Labute approximate surface area is 180 Å². The smallest absolute Gasteiger partial charge is 0.261 e. The molecule has 0 aliphatic carbocycles. The third-order valence-corrected chi connectivity index (χ3v) is 7.34. The zero-order valence-electron chi connectivity index (χ0n) is 18.5. The maximum atomic E-state index is 13.5. The summed E-state index contributed by atoms with van der Waals surface area (Å²) in [5.41, 5.74) is 1.51. The lowest BCUT2D eigenvalue weighted by Gasteiger charge is -2.34. The average Bonchev–Trinajstić information content (AvgIpc) is 2.78. The van der Waals surface area contributed by atoms with Crippen LogP contribution in [0.3, 0.4) is 0 Å². The van der Waals surface area contributed by atoms with Crippen LogP contribution in [0.5, 0.6) is 0 Å². The summed E-state index contributed by atoms with van der Waals surface area (Å²) >= 11 is 0. The number of imide groups is 1. The molecular formula is C25H27N3O3. The minimum absolute atomic E-state index is 0.0527. The van der Waals surface area contributed by atoms with Gasteiger partial charge in [-0.3, -0.25) is 28.8 Å². The number of amides is 2. The number of benzene rings is 2. The summed E-state index contributed by atoms with van der Waals surface area (Å²) in [7, 11) is 0. The van der Waals surface area contributed by atoms with Gasteiger partial charge in [0, 0.05) is 57.2 Å². The van der Waals surface area contributed by atoms with Gasteiger partial charge in [-0.2, -0.15) is 0 Å². The van der Waals surface area contributed by atoms with Gasteiger partial charge >= 0.3 is 0 Å². The van der Waals surface area contributed by atoms with E-state index in [-0.39, 0.29) is 28.8 Å². The fourth-order valence-electron chi connectivity index (χ4n) is 5.18. The second kappa shape index (κ2) is 6.74. The summed E-state index contributed by atoms with van der Waals surface area (Å²) in [6.07, 6.45) is 2.36.